The maximum Gasteiger partial charge on any atom is 0.340 e. The molecular weight excluding hydrogens is 192 g/mol. The van der Waals surface area contributed by atoms with Crippen LogP contribution < -0.4 is 0 Å². The summed E-state index contributed by atoms with van der Waals surface area (Å²) in [5, 5.41) is 9.13. The van der Waals surface area contributed by atoms with Crippen molar-refractivity contribution in [3.63, 3.8) is 0 Å². The van der Waals surface area contributed by atoms with E-state index in [1.807, 2.05) is 0 Å². The van der Waals surface area contributed by atoms with Crippen LogP contribution in [0.2, 0.25) is 0 Å². The van der Waals surface area contributed by atoms with Gasteiger partial charge in [-0.15, -0.1) is 0 Å². The topological polar surface area (TPSA) is 46.5 Å². The van der Waals surface area contributed by atoms with E-state index in [2.05, 4.69) is 6.58 Å². The maximum absolute atomic E-state index is 11.4. The van der Waals surface area contributed by atoms with Gasteiger partial charge in [0.2, 0.25) is 6.29 Å². The van der Waals surface area contributed by atoms with Gasteiger partial charge in [0.15, 0.2) is 0 Å². The number of benzene rings is 1. The summed E-state index contributed by atoms with van der Waals surface area (Å²) in [6.45, 7) is 5.35. The lowest BCUT2D eigenvalue weighted by atomic mass is 10.1. The first-order valence-electron chi connectivity index (χ1n) is 4.79. The summed E-state index contributed by atoms with van der Waals surface area (Å²) in [5.41, 5.74) is 1.36. The highest BCUT2D eigenvalue weighted by Gasteiger charge is 2.10. The Kier molecular flexibility index (Phi) is 4.06. The van der Waals surface area contributed by atoms with E-state index >= 15 is 0 Å². The van der Waals surface area contributed by atoms with Gasteiger partial charge in [-0.3, -0.25) is 0 Å². The van der Waals surface area contributed by atoms with Gasteiger partial charge in [-0.2, -0.15) is 0 Å². The summed E-state index contributed by atoms with van der Waals surface area (Å²) in [6, 6.07) is 6.81. The van der Waals surface area contributed by atoms with Gasteiger partial charge >= 0.3 is 5.97 Å². The van der Waals surface area contributed by atoms with Crippen molar-refractivity contribution in [2.75, 3.05) is 0 Å². The number of aliphatic hydroxyl groups is 1. The van der Waals surface area contributed by atoms with Crippen molar-refractivity contribution in [2.45, 2.75) is 19.6 Å². The minimum Gasteiger partial charge on any atom is -0.432 e. The van der Waals surface area contributed by atoms with Crippen LogP contribution in [0.3, 0.4) is 0 Å². The van der Waals surface area contributed by atoms with E-state index in [1.165, 1.54) is 0 Å². The Balaban J connectivity index is 2.70. The lowest BCUT2D eigenvalue weighted by Gasteiger charge is -2.09. The molecule has 0 aromatic heterocycles. The SMILES string of the molecule is C=Cc1ccc(C(=O)OC(O)CC)cc1. The predicted molar refractivity (Wildman–Crippen MR) is 58.2 cm³/mol. The summed E-state index contributed by atoms with van der Waals surface area (Å²) in [4.78, 5) is 11.4. The molecule has 0 radical (unpaired) electrons. The fourth-order valence-corrected chi connectivity index (χ4v) is 1.03. The van der Waals surface area contributed by atoms with E-state index < -0.39 is 12.3 Å². The average molecular weight is 206 g/mol. The number of carbonyl (C=O) groups is 1. The van der Waals surface area contributed by atoms with Crippen molar-refractivity contribution < 1.29 is 14.6 Å². The third kappa shape index (κ3) is 3.22. The third-order valence-corrected chi connectivity index (χ3v) is 1.97. The van der Waals surface area contributed by atoms with Gasteiger partial charge in [-0.05, 0) is 17.7 Å². The van der Waals surface area contributed by atoms with Crippen molar-refractivity contribution in [2.24, 2.45) is 0 Å². The van der Waals surface area contributed by atoms with Crippen molar-refractivity contribution in [3.05, 3.63) is 42.0 Å². The Morgan fingerprint density at radius 2 is 2.13 bits per heavy atom. The van der Waals surface area contributed by atoms with E-state index in [0.29, 0.717) is 12.0 Å². The molecule has 15 heavy (non-hydrogen) atoms. The van der Waals surface area contributed by atoms with E-state index in [-0.39, 0.29) is 0 Å². The molecule has 1 rings (SSSR count). The Morgan fingerprint density at radius 3 is 2.60 bits per heavy atom. The highest BCUT2D eigenvalue weighted by atomic mass is 16.6. The average Bonchev–Trinajstić information content (AvgIpc) is 2.29. The van der Waals surface area contributed by atoms with Crippen LogP contribution in [0.4, 0.5) is 0 Å². The Labute approximate surface area is 89.0 Å². The monoisotopic (exact) mass is 206 g/mol. The van der Waals surface area contributed by atoms with Gasteiger partial charge in [0, 0.05) is 6.42 Å². The summed E-state index contributed by atoms with van der Waals surface area (Å²) in [7, 11) is 0. The number of hydrogen-bond donors (Lipinski definition) is 1. The molecule has 0 heterocycles. The molecule has 0 aliphatic heterocycles. The van der Waals surface area contributed by atoms with Crippen LogP contribution in [0.25, 0.3) is 6.08 Å². The number of aliphatic hydroxyl groups excluding tert-OH is 1. The number of esters is 1. The summed E-state index contributed by atoms with van der Waals surface area (Å²) in [5.74, 6) is -0.514. The lowest BCUT2D eigenvalue weighted by molar-refractivity contribution is -0.0656. The van der Waals surface area contributed by atoms with Gasteiger partial charge in [-0.1, -0.05) is 31.7 Å². The first kappa shape index (κ1) is 11.5. The minimum atomic E-state index is -1.03. The Hall–Kier alpha value is -1.61. The number of rotatable bonds is 4. The number of hydrogen-bond acceptors (Lipinski definition) is 3. The van der Waals surface area contributed by atoms with Gasteiger partial charge in [0.25, 0.3) is 0 Å². The Bertz CT molecular complexity index is 340. The lowest BCUT2D eigenvalue weighted by Crippen LogP contribution is -2.16. The number of carbonyl (C=O) groups excluding carboxylic acids is 1. The molecule has 0 saturated heterocycles. The molecule has 0 bridgehead atoms. The predicted octanol–water partition coefficient (Wildman–Crippen LogP) is 2.21. The molecule has 1 N–H and O–H groups in total. The van der Waals surface area contributed by atoms with E-state index in [9.17, 15) is 4.79 Å². The highest BCUT2D eigenvalue weighted by molar-refractivity contribution is 5.89. The molecule has 3 nitrogen and oxygen atoms in total. The van der Waals surface area contributed by atoms with Gasteiger partial charge in [0.05, 0.1) is 5.56 Å². The zero-order valence-electron chi connectivity index (χ0n) is 8.64. The molecule has 1 atom stereocenters. The molecule has 1 aromatic carbocycles. The zero-order chi connectivity index (χ0) is 11.3. The molecular formula is C12H14O3. The molecule has 0 spiro atoms. The standard InChI is InChI=1S/C12H14O3/c1-3-9-5-7-10(8-6-9)12(14)15-11(13)4-2/h3,5-8,11,13H,1,4H2,2H3. The molecule has 1 aromatic rings. The minimum absolute atomic E-state index is 0.385. The molecule has 0 fully saturated rings. The number of ether oxygens (including phenoxy) is 1. The zero-order valence-corrected chi connectivity index (χ0v) is 8.64. The summed E-state index contributed by atoms with van der Waals surface area (Å²) in [6.07, 6.45) is 1.04. The van der Waals surface area contributed by atoms with E-state index in [4.69, 9.17) is 9.84 Å². The second kappa shape index (κ2) is 5.32. The third-order valence-electron chi connectivity index (χ3n) is 1.97. The highest BCUT2D eigenvalue weighted by Crippen LogP contribution is 2.08. The van der Waals surface area contributed by atoms with Crippen LogP contribution in [0, 0.1) is 0 Å². The van der Waals surface area contributed by atoms with Crippen molar-refractivity contribution in [1.29, 1.82) is 0 Å². The molecule has 80 valence electrons. The van der Waals surface area contributed by atoms with E-state index in [0.717, 1.165) is 5.56 Å². The molecule has 0 aliphatic rings. The maximum atomic E-state index is 11.4. The van der Waals surface area contributed by atoms with Crippen LogP contribution in [0.5, 0.6) is 0 Å². The quantitative estimate of drug-likeness (QED) is 0.607. The second-order valence-electron chi connectivity index (χ2n) is 3.09. The van der Waals surface area contributed by atoms with Gasteiger partial charge in [0.1, 0.15) is 0 Å². The normalized spacial score (nSPS) is 11.9. The fourth-order valence-electron chi connectivity index (χ4n) is 1.03. The van der Waals surface area contributed by atoms with Crippen molar-refractivity contribution >= 4 is 12.0 Å². The van der Waals surface area contributed by atoms with Crippen molar-refractivity contribution in [3.8, 4) is 0 Å². The summed E-state index contributed by atoms with van der Waals surface area (Å²) < 4.78 is 4.75. The smallest absolute Gasteiger partial charge is 0.340 e. The molecule has 0 aliphatic carbocycles. The van der Waals surface area contributed by atoms with Gasteiger partial charge in [-0.25, -0.2) is 4.79 Å². The van der Waals surface area contributed by atoms with Crippen LogP contribution in [-0.4, -0.2) is 17.4 Å². The van der Waals surface area contributed by atoms with Crippen LogP contribution in [0.1, 0.15) is 29.3 Å². The Morgan fingerprint density at radius 1 is 1.53 bits per heavy atom. The first-order chi connectivity index (χ1) is 7.17. The van der Waals surface area contributed by atoms with Gasteiger partial charge < -0.3 is 9.84 Å². The second-order valence-corrected chi connectivity index (χ2v) is 3.09. The van der Waals surface area contributed by atoms with Crippen LogP contribution in [0.15, 0.2) is 30.8 Å². The summed E-state index contributed by atoms with van der Waals surface area (Å²) >= 11 is 0. The van der Waals surface area contributed by atoms with Crippen molar-refractivity contribution in [1.82, 2.24) is 0 Å². The van der Waals surface area contributed by atoms with Crippen LogP contribution in [-0.2, 0) is 4.74 Å². The van der Waals surface area contributed by atoms with Crippen LogP contribution >= 0.6 is 0 Å². The molecule has 3 heteroatoms. The first-order valence-corrected chi connectivity index (χ1v) is 4.79. The largest absolute Gasteiger partial charge is 0.432 e. The molecule has 1 unspecified atom stereocenters. The molecule has 0 saturated carbocycles. The van der Waals surface area contributed by atoms with E-state index in [1.54, 1.807) is 37.3 Å². The molecule has 0 amide bonds. The fraction of sp³-hybridized carbons (Fsp3) is 0.250.